The molecule has 0 aromatic heterocycles. The average molecular weight is 340 g/mol. The van der Waals surface area contributed by atoms with Crippen LogP contribution >= 0.6 is 0 Å². The van der Waals surface area contributed by atoms with Crippen molar-refractivity contribution in [1.29, 1.82) is 0 Å². The van der Waals surface area contributed by atoms with Gasteiger partial charge in [0.2, 0.25) is 0 Å². The van der Waals surface area contributed by atoms with Crippen molar-refractivity contribution < 1.29 is 13.0 Å². The van der Waals surface area contributed by atoms with Gasteiger partial charge in [0.25, 0.3) is 10.1 Å². The Morgan fingerprint density at radius 2 is 1.96 bits per heavy atom. The molecule has 23 heavy (non-hydrogen) atoms. The topological polar surface area (TPSA) is 60.9 Å². The third kappa shape index (κ3) is 5.11. The van der Waals surface area contributed by atoms with Crippen LogP contribution in [0, 0.1) is 0 Å². The highest BCUT2D eigenvalue weighted by atomic mass is 32.2. The predicted octanol–water partition coefficient (Wildman–Crippen LogP) is 2.95. The van der Waals surface area contributed by atoms with Gasteiger partial charge in [-0.25, -0.2) is 0 Å². The predicted molar refractivity (Wildman–Crippen MR) is 96.2 cm³/mol. The fourth-order valence-corrected chi connectivity index (χ4v) is 3.84. The summed E-state index contributed by atoms with van der Waals surface area (Å²) in [5, 5.41) is 0. The van der Waals surface area contributed by atoms with Gasteiger partial charge in [-0.05, 0) is 63.3 Å². The van der Waals surface area contributed by atoms with E-state index >= 15 is 0 Å². The van der Waals surface area contributed by atoms with Gasteiger partial charge in [-0.2, -0.15) is 8.42 Å². The standard InChI is InChI=1S/C17H28N2O3S/c1-3-18(4-2)16-9-10-17-15(14-16)8-7-12-19(17)11-5-6-13-23(20,21)22/h9-10,14H,3-8,11-13H2,1-2H3,(H,20,21,22). The molecule has 1 N–H and O–H groups in total. The summed E-state index contributed by atoms with van der Waals surface area (Å²) in [5.74, 6) is -0.144. The number of fused-ring (bicyclic) bond motifs is 1. The molecule has 0 amide bonds. The zero-order valence-electron chi connectivity index (χ0n) is 14.2. The molecule has 130 valence electrons. The second kappa shape index (κ2) is 8.02. The van der Waals surface area contributed by atoms with E-state index in [4.69, 9.17) is 4.55 Å². The Morgan fingerprint density at radius 3 is 2.61 bits per heavy atom. The van der Waals surface area contributed by atoms with Crippen LogP contribution in [0.2, 0.25) is 0 Å². The molecule has 1 aliphatic heterocycles. The molecule has 0 atom stereocenters. The zero-order chi connectivity index (χ0) is 16.9. The molecule has 0 spiro atoms. The summed E-state index contributed by atoms with van der Waals surface area (Å²) in [7, 11) is -3.83. The fraction of sp³-hybridized carbons (Fsp3) is 0.647. The van der Waals surface area contributed by atoms with Crippen LogP contribution in [0.3, 0.4) is 0 Å². The zero-order valence-corrected chi connectivity index (χ0v) is 15.0. The van der Waals surface area contributed by atoms with Gasteiger partial charge >= 0.3 is 0 Å². The number of benzene rings is 1. The number of hydrogen-bond acceptors (Lipinski definition) is 4. The van der Waals surface area contributed by atoms with Crippen molar-refractivity contribution in [2.24, 2.45) is 0 Å². The molecule has 2 rings (SSSR count). The van der Waals surface area contributed by atoms with E-state index in [0.717, 1.165) is 45.4 Å². The van der Waals surface area contributed by atoms with E-state index in [1.807, 2.05) is 0 Å². The number of nitrogens with zero attached hydrogens (tertiary/aromatic N) is 2. The van der Waals surface area contributed by atoms with Gasteiger partial charge in [0.1, 0.15) is 0 Å². The van der Waals surface area contributed by atoms with E-state index in [-0.39, 0.29) is 5.75 Å². The van der Waals surface area contributed by atoms with Crippen LogP contribution in [-0.2, 0) is 16.5 Å². The first-order chi connectivity index (χ1) is 10.9. The van der Waals surface area contributed by atoms with Crippen molar-refractivity contribution in [2.75, 3.05) is 41.7 Å². The van der Waals surface area contributed by atoms with Crippen LogP contribution in [-0.4, -0.2) is 44.9 Å². The summed E-state index contributed by atoms with van der Waals surface area (Å²) in [6.07, 6.45) is 3.51. The summed E-state index contributed by atoms with van der Waals surface area (Å²) in [4.78, 5) is 4.69. The van der Waals surface area contributed by atoms with Gasteiger partial charge in [-0.1, -0.05) is 0 Å². The Balaban J connectivity index is 2.01. The molecule has 0 aliphatic carbocycles. The van der Waals surface area contributed by atoms with E-state index in [0.29, 0.717) is 6.42 Å². The quantitative estimate of drug-likeness (QED) is 0.582. The maximum Gasteiger partial charge on any atom is 0.264 e. The second-order valence-electron chi connectivity index (χ2n) is 6.07. The van der Waals surface area contributed by atoms with Crippen molar-refractivity contribution in [2.45, 2.75) is 39.5 Å². The van der Waals surface area contributed by atoms with Gasteiger partial charge in [-0.15, -0.1) is 0 Å². The first-order valence-electron chi connectivity index (χ1n) is 8.52. The Morgan fingerprint density at radius 1 is 1.22 bits per heavy atom. The van der Waals surface area contributed by atoms with Gasteiger partial charge in [-0.3, -0.25) is 4.55 Å². The van der Waals surface area contributed by atoms with Crippen LogP contribution in [0.4, 0.5) is 11.4 Å². The summed E-state index contributed by atoms with van der Waals surface area (Å²) < 4.78 is 30.3. The first kappa shape index (κ1) is 18.1. The third-order valence-electron chi connectivity index (χ3n) is 4.49. The molecular formula is C17H28N2O3S. The lowest BCUT2D eigenvalue weighted by molar-refractivity contribution is 0.480. The minimum Gasteiger partial charge on any atom is -0.372 e. The molecule has 0 saturated heterocycles. The maximum atomic E-state index is 10.8. The highest BCUT2D eigenvalue weighted by Gasteiger charge is 2.18. The summed E-state index contributed by atoms with van der Waals surface area (Å²) >= 11 is 0. The SMILES string of the molecule is CCN(CC)c1ccc2c(c1)CCCN2CCCCS(=O)(=O)O. The highest BCUT2D eigenvalue weighted by molar-refractivity contribution is 7.85. The van der Waals surface area contributed by atoms with Crippen molar-refractivity contribution >= 4 is 21.5 Å². The molecular weight excluding hydrogens is 312 g/mol. The maximum absolute atomic E-state index is 10.8. The number of rotatable bonds is 8. The van der Waals surface area contributed by atoms with Crippen LogP contribution < -0.4 is 9.80 Å². The summed E-state index contributed by atoms with van der Waals surface area (Å²) in [6, 6.07) is 6.68. The van der Waals surface area contributed by atoms with Crippen molar-refractivity contribution in [3.63, 3.8) is 0 Å². The molecule has 0 fully saturated rings. The average Bonchev–Trinajstić information content (AvgIpc) is 2.51. The lowest BCUT2D eigenvalue weighted by Gasteiger charge is -2.33. The molecule has 1 aromatic carbocycles. The van der Waals surface area contributed by atoms with Gasteiger partial charge in [0.05, 0.1) is 5.75 Å². The molecule has 0 radical (unpaired) electrons. The van der Waals surface area contributed by atoms with E-state index in [1.54, 1.807) is 0 Å². The minimum absolute atomic E-state index is 0.144. The summed E-state index contributed by atoms with van der Waals surface area (Å²) in [5.41, 5.74) is 3.94. The lowest BCUT2D eigenvalue weighted by atomic mass is 10.00. The number of anilines is 2. The molecule has 0 bridgehead atoms. The second-order valence-corrected chi connectivity index (χ2v) is 7.64. The van der Waals surface area contributed by atoms with E-state index in [9.17, 15) is 8.42 Å². The largest absolute Gasteiger partial charge is 0.372 e. The van der Waals surface area contributed by atoms with E-state index in [2.05, 4.69) is 41.8 Å². The molecule has 0 saturated carbocycles. The van der Waals surface area contributed by atoms with Gasteiger partial charge < -0.3 is 9.80 Å². The number of hydrogen-bond donors (Lipinski definition) is 1. The monoisotopic (exact) mass is 340 g/mol. The van der Waals surface area contributed by atoms with Crippen molar-refractivity contribution in [3.05, 3.63) is 23.8 Å². The Hall–Kier alpha value is -1.27. The minimum atomic E-state index is -3.83. The Kier molecular flexibility index (Phi) is 6.30. The Bertz CT molecular complexity index is 612. The first-order valence-corrected chi connectivity index (χ1v) is 10.1. The molecule has 1 heterocycles. The fourth-order valence-electron chi connectivity index (χ4n) is 3.27. The number of aryl methyl sites for hydroxylation is 1. The molecule has 1 aromatic rings. The van der Waals surface area contributed by atoms with Gasteiger partial charge in [0, 0.05) is 37.6 Å². The molecule has 6 heteroatoms. The van der Waals surface area contributed by atoms with Crippen molar-refractivity contribution in [3.8, 4) is 0 Å². The van der Waals surface area contributed by atoms with Crippen LogP contribution in [0.1, 0.15) is 38.7 Å². The van der Waals surface area contributed by atoms with Gasteiger partial charge in [0.15, 0.2) is 0 Å². The highest BCUT2D eigenvalue weighted by Crippen LogP contribution is 2.31. The summed E-state index contributed by atoms with van der Waals surface area (Å²) in [6.45, 7) is 8.22. The third-order valence-corrected chi connectivity index (χ3v) is 5.29. The van der Waals surface area contributed by atoms with E-state index < -0.39 is 10.1 Å². The Labute approximate surface area is 140 Å². The number of unbranched alkanes of at least 4 members (excludes halogenated alkanes) is 1. The normalized spacial score (nSPS) is 14.7. The smallest absolute Gasteiger partial charge is 0.264 e. The molecule has 5 nitrogen and oxygen atoms in total. The molecule has 1 aliphatic rings. The van der Waals surface area contributed by atoms with Crippen LogP contribution in [0.15, 0.2) is 18.2 Å². The molecule has 0 unspecified atom stereocenters. The lowest BCUT2D eigenvalue weighted by Crippen LogP contribution is -2.31. The van der Waals surface area contributed by atoms with E-state index in [1.165, 1.54) is 16.9 Å². The van der Waals surface area contributed by atoms with Crippen molar-refractivity contribution in [1.82, 2.24) is 0 Å². The van der Waals surface area contributed by atoms with Crippen LogP contribution in [0.25, 0.3) is 0 Å². The van der Waals surface area contributed by atoms with Crippen LogP contribution in [0.5, 0.6) is 0 Å².